The molecule has 8 atom stereocenters. The molecular formula is C32H48O6. The van der Waals surface area contributed by atoms with Gasteiger partial charge >= 0.3 is 0 Å². The van der Waals surface area contributed by atoms with E-state index in [1.807, 2.05) is 19.9 Å². The van der Waals surface area contributed by atoms with Crippen molar-refractivity contribution in [3.8, 4) is 0 Å². The lowest BCUT2D eigenvalue weighted by atomic mass is 9.56. The number of ether oxygens (including phenoxy) is 2. The molecule has 4 fully saturated rings. The molecule has 5 rings (SSSR count). The molecule has 6 heteroatoms. The third-order valence-electron chi connectivity index (χ3n) is 11.3. The standard InChI is InChI=1S/C32H48O6/c1-20(2)37-19-27(35)32(38-29(36)21-8-6-5-7-9-21)15-12-24-16-22-10-11-23-17-25(33)13-14-30(23,3)28(22)26(34)18-31(24,32)4/h13-14,17,20-22,24,26,28-29,34,36H,5-12,15-16,18-19H2,1-4H3/t22-,24?,26-,28+,29?,30-,31-,32-/m0/s1. The Morgan fingerprint density at radius 1 is 1.13 bits per heavy atom. The third-order valence-corrected chi connectivity index (χ3v) is 11.3. The molecule has 0 aromatic heterocycles. The molecule has 38 heavy (non-hydrogen) atoms. The van der Waals surface area contributed by atoms with E-state index in [2.05, 4.69) is 13.8 Å². The first-order chi connectivity index (χ1) is 18.0. The SMILES string of the molecule is CC(C)OCC(=O)[C@@]1(OC(O)C2CCCCC2)CCC2C[C@@H]3CCC4=CC(=O)C=C[C@]4(C)[C@H]3[C@@H](O)C[C@@]21C. The zero-order valence-electron chi connectivity index (χ0n) is 23.8. The highest BCUT2D eigenvalue weighted by atomic mass is 16.6. The number of aliphatic hydroxyl groups excluding tert-OH is 2. The van der Waals surface area contributed by atoms with Crippen molar-refractivity contribution < 1.29 is 29.3 Å². The second-order valence-corrected chi connectivity index (χ2v) is 13.7. The summed E-state index contributed by atoms with van der Waals surface area (Å²) in [6.07, 6.45) is 13.5. The van der Waals surface area contributed by atoms with E-state index in [0.29, 0.717) is 18.8 Å². The number of fused-ring (bicyclic) bond motifs is 4. The number of ketones is 2. The van der Waals surface area contributed by atoms with Gasteiger partial charge in [-0.1, -0.05) is 44.8 Å². The molecule has 5 aliphatic rings. The first-order valence-corrected chi connectivity index (χ1v) is 15.1. The molecule has 5 aliphatic carbocycles. The van der Waals surface area contributed by atoms with E-state index in [1.165, 1.54) is 6.42 Å². The largest absolute Gasteiger partial charge is 0.393 e. The predicted octanol–water partition coefficient (Wildman–Crippen LogP) is 5.30. The van der Waals surface area contributed by atoms with Crippen LogP contribution < -0.4 is 0 Å². The van der Waals surface area contributed by atoms with Crippen LogP contribution in [0.4, 0.5) is 0 Å². The maximum absolute atomic E-state index is 14.1. The van der Waals surface area contributed by atoms with Crippen molar-refractivity contribution in [1.82, 2.24) is 0 Å². The van der Waals surface area contributed by atoms with E-state index in [-0.39, 0.29) is 47.4 Å². The van der Waals surface area contributed by atoms with Crippen LogP contribution in [0.2, 0.25) is 0 Å². The van der Waals surface area contributed by atoms with E-state index in [9.17, 15) is 19.8 Å². The quantitative estimate of drug-likeness (QED) is 0.436. The van der Waals surface area contributed by atoms with Gasteiger partial charge in [-0.2, -0.15) is 0 Å². The minimum atomic E-state index is -1.18. The molecule has 0 heterocycles. The van der Waals surface area contributed by atoms with Crippen LogP contribution in [0.25, 0.3) is 0 Å². The third kappa shape index (κ3) is 4.67. The summed E-state index contributed by atoms with van der Waals surface area (Å²) in [6.45, 7) is 8.10. The summed E-state index contributed by atoms with van der Waals surface area (Å²) in [4.78, 5) is 26.3. The molecule has 2 N–H and O–H groups in total. The van der Waals surface area contributed by atoms with Gasteiger partial charge < -0.3 is 19.7 Å². The van der Waals surface area contributed by atoms with Gasteiger partial charge in [0.25, 0.3) is 0 Å². The average Bonchev–Trinajstić information content (AvgIpc) is 3.07. The first-order valence-electron chi connectivity index (χ1n) is 15.1. The minimum absolute atomic E-state index is 0.0164. The fourth-order valence-electron chi connectivity index (χ4n) is 9.14. The van der Waals surface area contributed by atoms with Crippen LogP contribution in [0.1, 0.15) is 98.3 Å². The summed E-state index contributed by atoms with van der Waals surface area (Å²) < 4.78 is 12.5. The fourth-order valence-corrected chi connectivity index (χ4v) is 9.14. The Balaban J connectivity index is 1.49. The Morgan fingerprint density at radius 3 is 2.58 bits per heavy atom. The smallest absolute Gasteiger partial charge is 0.190 e. The van der Waals surface area contributed by atoms with E-state index >= 15 is 0 Å². The number of allylic oxidation sites excluding steroid dienone is 4. The Hall–Kier alpha value is -1.34. The summed E-state index contributed by atoms with van der Waals surface area (Å²) in [5, 5.41) is 23.3. The molecule has 0 saturated heterocycles. The number of Topliss-reactive ketones (excluding diaryl/α,β-unsaturated/α-hetero) is 1. The van der Waals surface area contributed by atoms with Gasteiger partial charge in [0, 0.05) is 22.7 Å². The van der Waals surface area contributed by atoms with Gasteiger partial charge in [-0.15, -0.1) is 0 Å². The van der Waals surface area contributed by atoms with Crippen LogP contribution >= 0.6 is 0 Å². The maximum Gasteiger partial charge on any atom is 0.190 e. The molecule has 0 bridgehead atoms. The monoisotopic (exact) mass is 528 g/mol. The van der Waals surface area contributed by atoms with Crippen LogP contribution in [0, 0.1) is 34.5 Å². The molecule has 0 spiro atoms. The number of hydrogen-bond acceptors (Lipinski definition) is 6. The van der Waals surface area contributed by atoms with Crippen molar-refractivity contribution in [2.75, 3.05) is 6.61 Å². The highest BCUT2D eigenvalue weighted by Gasteiger charge is 2.66. The second kappa shape index (κ2) is 10.6. The molecule has 6 nitrogen and oxygen atoms in total. The van der Waals surface area contributed by atoms with Gasteiger partial charge in [0.2, 0.25) is 0 Å². The van der Waals surface area contributed by atoms with Gasteiger partial charge in [-0.3, -0.25) is 9.59 Å². The molecule has 0 aliphatic heterocycles. The Bertz CT molecular complexity index is 978. The summed E-state index contributed by atoms with van der Waals surface area (Å²) in [5.41, 5.74) is -1.04. The molecule has 4 saturated carbocycles. The average molecular weight is 529 g/mol. The van der Waals surface area contributed by atoms with Gasteiger partial charge in [-0.25, -0.2) is 0 Å². The lowest BCUT2D eigenvalue weighted by Crippen LogP contribution is -2.58. The number of carbonyl (C=O) groups is 2. The molecule has 0 amide bonds. The highest BCUT2D eigenvalue weighted by molar-refractivity contribution is 6.01. The van der Waals surface area contributed by atoms with Crippen molar-refractivity contribution in [2.24, 2.45) is 34.5 Å². The van der Waals surface area contributed by atoms with Crippen molar-refractivity contribution in [3.63, 3.8) is 0 Å². The zero-order valence-corrected chi connectivity index (χ0v) is 23.8. The molecule has 0 radical (unpaired) electrons. The van der Waals surface area contributed by atoms with Crippen LogP contribution in [0.5, 0.6) is 0 Å². The molecule has 0 aromatic rings. The van der Waals surface area contributed by atoms with Crippen LogP contribution in [0.15, 0.2) is 23.8 Å². The summed E-state index contributed by atoms with van der Waals surface area (Å²) in [7, 11) is 0. The number of hydrogen-bond donors (Lipinski definition) is 2. The normalized spacial score (nSPS) is 42.2. The maximum atomic E-state index is 14.1. The number of aliphatic hydroxyl groups is 2. The van der Waals surface area contributed by atoms with E-state index < -0.39 is 23.4 Å². The zero-order chi connectivity index (χ0) is 27.3. The molecule has 2 unspecified atom stereocenters. The second-order valence-electron chi connectivity index (χ2n) is 13.7. The molecule has 212 valence electrons. The summed E-state index contributed by atoms with van der Waals surface area (Å²) in [6, 6.07) is 0. The Kier molecular flexibility index (Phi) is 7.84. The van der Waals surface area contributed by atoms with Crippen molar-refractivity contribution in [3.05, 3.63) is 23.8 Å². The van der Waals surface area contributed by atoms with E-state index in [0.717, 1.165) is 56.9 Å². The Labute approximate surface area is 228 Å². The molecular weight excluding hydrogens is 480 g/mol. The molecule has 0 aromatic carbocycles. The van der Waals surface area contributed by atoms with Gasteiger partial charge in [0.05, 0.1) is 12.2 Å². The van der Waals surface area contributed by atoms with Crippen LogP contribution in [-0.4, -0.2) is 52.5 Å². The van der Waals surface area contributed by atoms with Crippen LogP contribution in [0.3, 0.4) is 0 Å². The predicted molar refractivity (Wildman–Crippen MR) is 145 cm³/mol. The summed E-state index contributed by atoms with van der Waals surface area (Å²) >= 11 is 0. The van der Waals surface area contributed by atoms with E-state index in [1.54, 1.807) is 12.2 Å². The van der Waals surface area contributed by atoms with E-state index in [4.69, 9.17) is 9.47 Å². The number of carbonyl (C=O) groups excluding carboxylic acids is 2. The van der Waals surface area contributed by atoms with Crippen molar-refractivity contribution >= 4 is 11.6 Å². The fraction of sp³-hybridized carbons (Fsp3) is 0.812. The lowest BCUT2D eigenvalue weighted by molar-refractivity contribution is -0.244. The number of rotatable bonds is 7. The summed E-state index contributed by atoms with van der Waals surface area (Å²) in [5.74, 6) is 0.463. The highest BCUT2D eigenvalue weighted by Crippen LogP contribution is 2.64. The minimum Gasteiger partial charge on any atom is -0.393 e. The lowest BCUT2D eigenvalue weighted by Gasteiger charge is -2.50. The van der Waals surface area contributed by atoms with Crippen molar-refractivity contribution in [2.45, 2.75) is 122 Å². The van der Waals surface area contributed by atoms with Crippen molar-refractivity contribution in [1.29, 1.82) is 0 Å². The topological polar surface area (TPSA) is 93.1 Å². The Morgan fingerprint density at radius 2 is 1.87 bits per heavy atom. The van der Waals surface area contributed by atoms with Gasteiger partial charge in [0.1, 0.15) is 12.2 Å². The van der Waals surface area contributed by atoms with Gasteiger partial charge in [-0.05, 0) is 89.2 Å². The van der Waals surface area contributed by atoms with Crippen LogP contribution in [-0.2, 0) is 19.1 Å². The van der Waals surface area contributed by atoms with Gasteiger partial charge in [0.15, 0.2) is 17.9 Å². The first kappa shape index (κ1) is 28.2.